The number of benzene rings is 1. The molecule has 0 saturated carbocycles. The number of carboxylic acid groups (broad SMARTS) is 1. The van der Waals surface area contributed by atoms with Crippen molar-refractivity contribution >= 4 is 11.9 Å². The van der Waals surface area contributed by atoms with E-state index in [1.807, 2.05) is 0 Å². The van der Waals surface area contributed by atoms with Crippen molar-refractivity contribution in [3.63, 3.8) is 0 Å². The van der Waals surface area contributed by atoms with Crippen LogP contribution < -0.4 is 0 Å². The van der Waals surface area contributed by atoms with Crippen LogP contribution in [-0.4, -0.2) is 22.2 Å². The first-order valence-corrected chi connectivity index (χ1v) is 4.79. The number of esters is 1. The highest BCUT2D eigenvalue weighted by Gasteiger charge is 2.40. The smallest absolute Gasteiger partial charge is 0.311 e. The van der Waals surface area contributed by atoms with Crippen molar-refractivity contribution < 1.29 is 24.5 Å². The maximum atomic E-state index is 11.1. The van der Waals surface area contributed by atoms with E-state index in [1.54, 1.807) is 12.1 Å². The zero-order valence-electron chi connectivity index (χ0n) is 8.29. The van der Waals surface area contributed by atoms with Crippen LogP contribution in [-0.2, 0) is 14.3 Å². The van der Waals surface area contributed by atoms with E-state index in [4.69, 9.17) is 9.84 Å². The third kappa shape index (κ3) is 1.84. The Morgan fingerprint density at radius 2 is 2.19 bits per heavy atom. The van der Waals surface area contributed by atoms with E-state index < -0.39 is 24.0 Å². The Hall–Kier alpha value is -2.04. The van der Waals surface area contributed by atoms with E-state index in [0.717, 1.165) is 0 Å². The topological polar surface area (TPSA) is 83.8 Å². The van der Waals surface area contributed by atoms with Crippen molar-refractivity contribution in [1.82, 2.24) is 0 Å². The van der Waals surface area contributed by atoms with Gasteiger partial charge in [0.1, 0.15) is 17.8 Å². The summed E-state index contributed by atoms with van der Waals surface area (Å²) in [4.78, 5) is 22.0. The fourth-order valence-electron chi connectivity index (χ4n) is 1.78. The van der Waals surface area contributed by atoms with Crippen LogP contribution >= 0.6 is 0 Å². The second-order valence-corrected chi connectivity index (χ2v) is 3.65. The van der Waals surface area contributed by atoms with Crippen molar-refractivity contribution in [1.29, 1.82) is 0 Å². The monoisotopic (exact) mass is 222 g/mol. The van der Waals surface area contributed by atoms with Crippen LogP contribution in [0.5, 0.6) is 5.75 Å². The lowest BCUT2D eigenvalue weighted by atomic mass is 9.95. The van der Waals surface area contributed by atoms with Gasteiger partial charge in [0.25, 0.3) is 0 Å². The van der Waals surface area contributed by atoms with Crippen LogP contribution in [0.25, 0.3) is 0 Å². The average Bonchev–Trinajstić information content (AvgIpc) is 2.60. The largest absolute Gasteiger partial charge is 0.508 e. The molecule has 0 spiro atoms. The molecule has 0 aliphatic carbocycles. The molecule has 1 fully saturated rings. The Labute approximate surface area is 91.3 Å². The SMILES string of the molecule is O=C1CC(C(=O)O)C(c2cccc(O)c2)O1. The molecule has 1 saturated heterocycles. The van der Waals surface area contributed by atoms with E-state index in [2.05, 4.69) is 0 Å². The number of hydrogen-bond acceptors (Lipinski definition) is 4. The maximum Gasteiger partial charge on any atom is 0.311 e. The quantitative estimate of drug-likeness (QED) is 0.731. The summed E-state index contributed by atoms with van der Waals surface area (Å²) < 4.78 is 4.95. The lowest BCUT2D eigenvalue weighted by Crippen LogP contribution is -2.17. The highest BCUT2D eigenvalue weighted by Crippen LogP contribution is 2.36. The summed E-state index contributed by atoms with van der Waals surface area (Å²) in [7, 11) is 0. The van der Waals surface area contributed by atoms with Gasteiger partial charge in [0.15, 0.2) is 0 Å². The van der Waals surface area contributed by atoms with Crippen LogP contribution in [0.15, 0.2) is 24.3 Å². The minimum atomic E-state index is -1.07. The number of phenolic OH excluding ortho intramolecular Hbond substituents is 1. The third-order valence-corrected chi connectivity index (χ3v) is 2.53. The van der Waals surface area contributed by atoms with Crippen molar-refractivity contribution in [3.8, 4) is 5.75 Å². The van der Waals surface area contributed by atoms with Gasteiger partial charge in [-0.15, -0.1) is 0 Å². The molecule has 84 valence electrons. The maximum absolute atomic E-state index is 11.1. The van der Waals surface area contributed by atoms with Gasteiger partial charge in [-0.25, -0.2) is 0 Å². The Balaban J connectivity index is 2.32. The van der Waals surface area contributed by atoms with Crippen molar-refractivity contribution in [3.05, 3.63) is 29.8 Å². The number of carboxylic acids is 1. The summed E-state index contributed by atoms with van der Waals surface area (Å²) in [5.74, 6) is -2.46. The molecule has 5 nitrogen and oxygen atoms in total. The highest BCUT2D eigenvalue weighted by atomic mass is 16.6. The summed E-state index contributed by atoms with van der Waals surface area (Å²) in [5, 5.41) is 18.2. The normalized spacial score (nSPS) is 24.1. The number of aliphatic carboxylic acids is 1. The van der Waals surface area contributed by atoms with Crippen LogP contribution in [0, 0.1) is 5.92 Å². The molecule has 1 aliphatic rings. The Morgan fingerprint density at radius 3 is 2.81 bits per heavy atom. The molecular weight excluding hydrogens is 212 g/mol. The van der Waals surface area contributed by atoms with Gasteiger partial charge in [-0.2, -0.15) is 0 Å². The summed E-state index contributed by atoms with van der Waals surface area (Å²) in [5.41, 5.74) is 0.498. The first-order chi connectivity index (χ1) is 7.58. The number of aromatic hydroxyl groups is 1. The molecule has 0 amide bonds. The fraction of sp³-hybridized carbons (Fsp3) is 0.273. The highest BCUT2D eigenvalue weighted by molar-refractivity contribution is 5.82. The fourth-order valence-corrected chi connectivity index (χ4v) is 1.78. The van der Waals surface area contributed by atoms with E-state index in [9.17, 15) is 14.7 Å². The van der Waals surface area contributed by atoms with E-state index in [-0.39, 0.29) is 12.2 Å². The molecule has 1 aromatic rings. The van der Waals surface area contributed by atoms with Crippen LogP contribution in [0.2, 0.25) is 0 Å². The standard InChI is InChI=1S/C11H10O5/c12-7-3-1-2-6(4-7)10-8(11(14)15)5-9(13)16-10/h1-4,8,10,12H,5H2,(H,14,15). The zero-order valence-corrected chi connectivity index (χ0v) is 8.29. The second-order valence-electron chi connectivity index (χ2n) is 3.65. The molecule has 2 N–H and O–H groups in total. The minimum absolute atomic E-state index is 0.0181. The summed E-state index contributed by atoms with van der Waals surface area (Å²) in [6.07, 6.45) is -0.938. The number of carbonyl (C=O) groups excluding carboxylic acids is 1. The van der Waals surface area contributed by atoms with E-state index in [1.165, 1.54) is 12.1 Å². The molecule has 5 heteroatoms. The van der Waals surface area contributed by atoms with Gasteiger partial charge in [-0.1, -0.05) is 12.1 Å². The van der Waals surface area contributed by atoms with Crippen molar-refractivity contribution in [2.24, 2.45) is 5.92 Å². The molecule has 1 heterocycles. The van der Waals surface area contributed by atoms with E-state index in [0.29, 0.717) is 5.56 Å². The molecule has 2 atom stereocenters. The second kappa shape index (κ2) is 3.84. The van der Waals surface area contributed by atoms with Crippen molar-refractivity contribution in [2.45, 2.75) is 12.5 Å². The molecular formula is C11H10O5. The molecule has 1 aromatic carbocycles. The first-order valence-electron chi connectivity index (χ1n) is 4.79. The average molecular weight is 222 g/mol. The van der Waals surface area contributed by atoms with Crippen molar-refractivity contribution in [2.75, 3.05) is 0 Å². The number of rotatable bonds is 2. The van der Waals surface area contributed by atoms with Gasteiger partial charge >= 0.3 is 11.9 Å². The Morgan fingerprint density at radius 1 is 1.44 bits per heavy atom. The zero-order chi connectivity index (χ0) is 11.7. The molecule has 2 rings (SSSR count). The third-order valence-electron chi connectivity index (χ3n) is 2.53. The number of cyclic esters (lactones) is 1. The molecule has 16 heavy (non-hydrogen) atoms. The number of hydrogen-bond donors (Lipinski definition) is 2. The van der Waals surface area contributed by atoms with Gasteiger partial charge in [0.05, 0.1) is 6.42 Å². The van der Waals surface area contributed by atoms with Crippen LogP contribution in [0.4, 0.5) is 0 Å². The summed E-state index contributed by atoms with van der Waals surface area (Å²) in [6.45, 7) is 0. The first kappa shape index (κ1) is 10.5. The predicted molar refractivity (Wildman–Crippen MR) is 52.7 cm³/mol. The molecule has 2 unspecified atom stereocenters. The number of ether oxygens (including phenoxy) is 1. The molecule has 1 aliphatic heterocycles. The summed E-state index contributed by atoms with van der Waals surface area (Å²) in [6, 6.07) is 6.07. The van der Waals surface area contributed by atoms with Gasteiger partial charge < -0.3 is 14.9 Å². The Kier molecular flexibility index (Phi) is 2.52. The molecule has 0 aromatic heterocycles. The number of phenols is 1. The van der Waals surface area contributed by atoms with Gasteiger partial charge in [-0.05, 0) is 17.7 Å². The minimum Gasteiger partial charge on any atom is -0.508 e. The molecule has 0 bridgehead atoms. The Bertz CT molecular complexity index is 440. The van der Waals surface area contributed by atoms with Gasteiger partial charge in [0.2, 0.25) is 0 Å². The predicted octanol–water partition coefficient (Wildman–Crippen LogP) is 1.08. The lowest BCUT2D eigenvalue weighted by molar-refractivity contribution is -0.144. The van der Waals surface area contributed by atoms with Crippen LogP contribution in [0.1, 0.15) is 18.1 Å². The summed E-state index contributed by atoms with van der Waals surface area (Å²) >= 11 is 0. The van der Waals surface area contributed by atoms with Crippen LogP contribution in [0.3, 0.4) is 0 Å². The van der Waals surface area contributed by atoms with Gasteiger partial charge in [0, 0.05) is 0 Å². The lowest BCUT2D eigenvalue weighted by Gasteiger charge is -2.14. The number of carbonyl (C=O) groups is 2. The van der Waals surface area contributed by atoms with Gasteiger partial charge in [-0.3, -0.25) is 9.59 Å². The van der Waals surface area contributed by atoms with E-state index >= 15 is 0 Å². The molecule has 0 radical (unpaired) electrons.